The van der Waals surface area contributed by atoms with Crippen LogP contribution in [0.3, 0.4) is 0 Å². The molecule has 1 aromatic heterocycles. The summed E-state index contributed by atoms with van der Waals surface area (Å²) in [5.74, 6) is -0.894. The van der Waals surface area contributed by atoms with Crippen LogP contribution in [-0.2, 0) is 0 Å². The normalized spacial score (nSPS) is 11.8. The van der Waals surface area contributed by atoms with Gasteiger partial charge in [-0.15, -0.1) is 0 Å². The van der Waals surface area contributed by atoms with E-state index in [4.69, 9.17) is 9.52 Å². The van der Waals surface area contributed by atoms with Gasteiger partial charge < -0.3 is 14.8 Å². The molecule has 2 N–H and O–H groups in total. The van der Waals surface area contributed by atoms with Crippen molar-refractivity contribution in [2.75, 3.05) is 6.61 Å². The minimum absolute atomic E-state index is 0.0709. The third kappa shape index (κ3) is 2.46. The van der Waals surface area contributed by atoms with Crippen molar-refractivity contribution in [2.24, 2.45) is 0 Å². The molecule has 0 radical (unpaired) electrons. The second-order valence-corrected chi connectivity index (χ2v) is 5.17. The molecule has 19 heavy (non-hydrogen) atoms. The lowest BCUT2D eigenvalue weighted by Crippen LogP contribution is -2.46. The van der Waals surface area contributed by atoms with E-state index in [1.54, 1.807) is 32.9 Å². The Balaban J connectivity index is 2.44. The van der Waals surface area contributed by atoms with Crippen molar-refractivity contribution in [3.05, 3.63) is 35.3 Å². The Morgan fingerprint density at radius 2 is 2.16 bits per heavy atom. The molecule has 0 aliphatic heterocycles. The first kappa shape index (κ1) is 13.5. The van der Waals surface area contributed by atoms with E-state index in [0.29, 0.717) is 10.9 Å². The molecule has 1 aromatic carbocycles. The van der Waals surface area contributed by atoms with Crippen LogP contribution in [0.25, 0.3) is 11.0 Å². The van der Waals surface area contributed by atoms with E-state index >= 15 is 0 Å². The molecule has 1 amide bonds. The maximum Gasteiger partial charge on any atom is 0.287 e. The molecule has 0 bridgehead atoms. The SMILES string of the molecule is Cc1c(C(=O)NC(C)(C)CO)oc2c(F)cccc12. The van der Waals surface area contributed by atoms with Gasteiger partial charge in [0, 0.05) is 10.9 Å². The van der Waals surface area contributed by atoms with Gasteiger partial charge in [0.05, 0.1) is 12.1 Å². The van der Waals surface area contributed by atoms with Crippen LogP contribution in [0.4, 0.5) is 4.39 Å². The average molecular weight is 265 g/mol. The summed E-state index contributed by atoms with van der Waals surface area (Å²) in [6, 6.07) is 4.55. The third-order valence-corrected chi connectivity index (χ3v) is 2.97. The summed E-state index contributed by atoms with van der Waals surface area (Å²) >= 11 is 0. The summed E-state index contributed by atoms with van der Waals surface area (Å²) in [6.07, 6.45) is 0. The summed E-state index contributed by atoms with van der Waals surface area (Å²) in [5.41, 5.74) is -0.103. The zero-order valence-corrected chi connectivity index (χ0v) is 11.1. The molecule has 5 heteroatoms. The number of fused-ring (bicyclic) bond motifs is 1. The lowest BCUT2D eigenvalue weighted by Gasteiger charge is -2.22. The van der Waals surface area contributed by atoms with Crippen molar-refractivity contribution in [2.45, 2.75) is 26.3 Å². The molecule has 2 aromatic rings. The molecular weight excluding hydrogens is 249 g/mol. The number of aliphatic hydroxyl groups excluding tert-OH is 1. The molecule has 0 saturated heterocycles. The highest BCUT2D eigenvalue weighted by Crippen LogP contribution is 2.27. The third-order valence-electron chi connectivity index (χ3n) is 2.97. The van der Waals surface area contributed by atoms with Crippen molar-refractivity contribution < 1.29 is 18.7 Å². The molecule has 102 valence electrons. The van der Waals surface area contributed by atoms with Gasteiger partial charge in [-0.05, 0) is 26.8 Å². The molecule has 1 heterocycles. The number of halogens is 1. The summed E-state index contributed by atoms with van der Waals surface area (Å²) in [5, 5.41) is 12.4. The number of benzene rings is 1. The van der Waals surface area contributed by atoms with Crippen LogP contribution in [0.2, 0.25) is 0 Å². The van der Waals surface area contributed by atoms with Crippen molar-refractivity contribution in [3.8, 4) is 0 Å². The Hall–Kier alpha value is -1.88. The monoisotopic (exact) mass is 265 g/mol. The summed E-state index contributed by atoms with van der Waals surface area (Å²) in [7, 11) is 0. The molecule has 0 unspecified atom stereocenters. The van der Waals surface area contributed by atoms with Crippen LogP contribution in [0.1, 0.15) is 30.0 Å². The van der Waals surface area contributed by atoms with E-state index in [9.17, 15) is 9.18 Å². The fourth-order valence-corrected chi connectivity index (χ4v) is 1.83. The van der Waals surface area contributed by atoms with Crippen LogP contribution in [0.5, 0.6) is 0 Å². The van der Waals surface area contributed by atoms with E-state index in [-0.39, 0.29) is 18.0 Å². The Labute approximate surface area is 110 Å². The first-order chi connectivity index (χ1) is 8.85. The fourth-order valence-electron chi connectivity index (χ4n) is 1.83. The standard InChI is InChI=1S/C14H16FNO3/c1-8-9-5-4-6-10(15)12(9)19-11(8)13(18)16-14(2,3)7-17/h4-6,17H,7H2,1-3H3,(H,16,18). The van der Waals surface area contributed by atoms with Gasteiger partial charge in [0.25, 0.3) is 5.91 Å². The Bertz CT molecular complexity index is 631. The highest BCUT2D eigenvalue weighted by Gasteiger charge is 2.25. The summed E-state index contributed by atoms with van der Waals surface area (Å²) in [6.45, 7) is 4.87. The predicted molar refractivity (Wildman–Crippen MR) is 69.5 cm³/mol. The molecule has 0 aliphatic rings. The van der Waals surface area contributed by atoms with Gasteiger partial charge in [0.1, 0.15) is 0 Å². The van der Waals surface area contributed by atoms with Crippen molar-refractivity contribution in [3.63, 3.8) is 0 Å². The Morgan fingerprint density at radius 3 is 2.74 bits per heavy atom. The minimum Gasteiger partial charge on any atom is -0.448 e. The lowest BCUT2D eigenvalue weighted by molar-refractivity contribution is 0.0842. The number of carbonyl (C=O) groups is 1. The second kappa shape index (κ2) is 4.66. The zero-order valence-electron chi connectivity index (χ0n) is 11.1. The molecule has 0 atom stereocenters. The number of para-hydroxylation sites is 1. The maximum atomic E-state index is 13.6. The van der Waals surface area contributed by atoms with Gasteiger partial charge in [-0.25, -0.2) is 4.39 Å². The van der Waals surface area contributed by atoms with E-state index < -0.39 is 17.3 Å². The number of rotatable bonds is 3. The van der Waals surface area contributed by atoms with E-state index in [0.717, 1.165) is 0 Å². The number of hydrogen-bond donors (Lipinski definition) is 2. The number of furan rings is 1. The van der Waals surface area contributed by atoms with Gasteiger partial charge in [-0.3, -0.25) is 4.79 Å². The van der Waals surface area contributed by atoms with E-state index in [2.05, 4.69) is 5.32 Å². The molecule has 0 fully saturated rings. The molecule has 0 saturated carbocycles. The average Bonchev–Trinajstić information content (AvgIpc) is 2.68. The largest absolute Gasteiger partial charge is 0.448 e. The lowest BCUT2D eigenvalue weighted by atomic mass is 10.1. The first-order valence-electron chi connectivity index (χ1n) is 5.97. The highest BCUT2D eigenvalue weighted by molar-refractivity contribution is 5.99. The number of carbonyl (C=O) groups excluding carboxylic acids is 1. The number of aliphatic hydroxyl groups is 1. The molecule has 4 nitrogen and oxygen atoms in total. The molecule has 2 rings (SSSR count). The summed E-state index contributed by atoms with van der Waals surface area (Å²) < 4.78 is 18.9. The zero-order chi connectivity index (χ0) is 14.2. The topological polar surface area (TPSA) is 62.5 Å². The van der Waals surface area contributed by atoms with Gasteiger partial charge in [-0.2, -0.15) is 0 Å². The number of nitrogens with one attached hydrogen (secondary N) is 1. The molecule has 0 spiro atoms. The van der Waals surface area contributed by atoms with Crippen LogP contribution in [0.15, 0.2) is 22.6 Å². The van der Waals surface area contributed by atoms with Gasteiger partial charge in [0.2, 0.25) is 0 Å². The maximum absolute atomic E-state index is 13.6. The van der Waals surface area contributed by atoms with Gasteiger partial charge in [-0.1, -0.05) is 12.1 Å². The van der Waals surface area contributed by atoms with Crippen LogP contribution >= 0.6 is 0 Å². The Morgan fingerprint density at radius 1 is 1.47 bits per heavy atom. The fraction of sp³-hybridized carbons (Fsp3) is 0.357. The second-order valence-electron chi connectivity index (χ2n) is 5.17. The first-order valence-corrected chi connectivity index (χ1v) is 5.97. The van der Waals surface area contributed by atoms with Crippen molar-refractivity contribution in [1.82, 2.24) is 5.32 Å². The van der Waals surface area contributed by atoms with Crippen LogP contribution < -0.4 is 5.32 Å². The molecular formula is C14H16FNO3. The van der Waals surface area contributed by atoms with Crippen molar-refractivity contribution in [1.29, 1.82) is 0 Å². The van der Waals surface area contributed by atoms with Crippen molar-refractivity contribution >= 4 is 16.9 Å². The number of aryl methyl sites for hydroxylation is 1. The molecule has 0 aliphatic carbocycles. The smallest absolute Gasteiger partial charge is 0.287 e. The Kier molecular flexibility index (Phi) is 3.32. The summed E-state index contributed by atoms with van der Waals surface area (Å²) in [4.78, 5) is 12.1. The number of amides is 1. The predicted octanol–water partition coefficient (Wildman–Crippen LogP) is 2.38. The van der Waals surface area contributed by atoms with Gasteiger partial charge >= 0.3 is 0 Å². The van der Waals surface area contributed by atoms with Crippen LogP contribution in [0, 0.1) is 12.7 Å². The quantitative estimate of drug-likeness (QED) is 0.895. The van der Waals surface area contributed by atoms with E-state index in [1.807, 2.05) is 0 Å². The van der Waals surface area contributed by atoms with Crippen LogP contribution in [-0.4, -0.2) is 23.2 Å². The number of hydrogen-bond acceptors (Lipinski definition) is 3. The highest BCUT2D eigenvalue weighted by atomic mass is 19.1. The van der Waals surface area contributed by atoms with Gasteiger partial charge in [0.15, 0.2) is 17.2 Å². The minimum atomic E-state index is -0.763. The van der Waals surface area contributed by atoms with E-state index in [1.165, 1.54) is 6.07 Å².